The maximum absolute atomic E-state index is 4.65. The number of nitrogens with one attached hydrogen (secondary N) is 1. The maximum Gasteiger partial charge on any atom is 0.142 e. The summed E-state index contributed by atoms with van der Waals surface area (Å²) in [7, 11) is 0. The van der Waals surface area contributed by atoms with Gasteiger partial charge in [-0.05, 0) is 31.5 Å². The number of hydrogen-bond donors (Lipinski definition) is 1. The minimum Gasteiger partial charge on any atom is -0.316 e. The fourth-order valence-corrected chi connectivity index (χ4v) is 2.67. The van der Waals surface area contributed by atoms with E-state index in [2.05, 4.69) is 40.6 Å². The van der Waals surface area contributed by atoms with Crippen LogP contribution in [0.25, 0.3) is 10.7 Å². The number of pyridine rings is 1. The van der Waals surface area contributed by atoms with Gasteiger partial charge in [-0.3, -0.25) is 4.98 Å². The van der Waals surface area contributed by atoms with E-state index < -0.39 is 0 Å². The number of aryl methyl sites for hydroxylation is 1. The second-order valence-electron chi connectivity index (χ2n) is 4.31. The molecule has 0 atom stereocenters. The molecule has 0 aliphatic rings. The molecular formula is C14H19N3S. The first-order chi connectivity index (χ1) is 8.81. The lowest BCUT2D eigenvalue weighted by molar-refractivity contribution is 0.667. The smallest absolute Gasteiger partial charge is 0.142 e. The zero-order valence-electron chi connectivity index (χ0n) is 10.9. The highest BCUT2D eigenvalue weighted by Gasteiger charge is 2.07. The van der Waals surface area contributed by atoms with Crippen LogP contribution in [0.15, 0.2) is 23.7 Å². The molecule has 0 aliphatic carbocycles. The van der Waals surface area contributed by atoms with E-state index in [0.717, 1.165) is 35.9 Å². The van der Waals surface area contributed by atoms with Crippen molar-refractivity contribution in [2.24, 2.45) is 0 Å². The number of nitrogens with zero attached hydrogens (tertiary/aromatic N) is 2. The van der Waals surface area contributed by atoms with Crippen LogP contribution < -0.4 is 5.32 Å². The Morgan fingerprint density at radius 1 is 1.33 bits per heavy atom. The van der Waals surface area contributed by atoms with Crippen molar-refractivity contribution in [2.45, 2.75) is 26.7 Å². The Hall–Kier alpha value is -1.26. The minimum absolute atomic E-state index is 0.988. The van der Waals surface area contributed by atoms with Crippen molar-refractivity contribution in [1.82, 2.24) is 15.3 Å². The van der Waals surface area contributed by atoms with Gasteiger partial charge < -0.3 is 5.32 Å². The van der Waals surface area contributed by atoms with E-state index in [1.54, 1.807) is 11.3 Å². The standard InChI is InChI=1S/C14H19N3S/c1-3-7-15-9-6-12-10-18-14(17-12)13-11(2)5-4-8-16-13/h4-5,8,10,15H,3,6-7,9H2,1-2H3. The van der Waals surface area contributed by atoms with E-state index in [-0.39, 0.29) is 0 Å². The lowest BCUT2D eigenvalue weighted by atomic mass is 10.2. The Morgan fingerprint density at radius 2 is 2.22 bits per heavy atom. The largest absolute Gasteiger partial charge is 0.316 e. The summed E-state index contributed by atoms with van der Waals surface area (Å²) < 4.78 is 0. The van der Waals surface area contributed by atoms with Crippen molar-refractivity contribution in [1.29, 1.82) is 0 Å². The molecular weight excluding hydrogens is 242 g/mol. The third kappa shape index (κ3) is 3.37. The van der Waals surface area contributed by atoms with Crippen LogP contribution in [-0.2, 0) is 6.42 Å². The molecule has 4 heteroatoms. The van der Waals surface area contributed by atoms with Crippen LogP contribution >= 0.6 is 11.3 Å². The predicted octanol–water partition coefficient (Wildman–Crippen LogP) is 3.06. The first-order valence-corrected chi connectivity index (χ1v) is 7.26. The van der Waals surface area contributed by atoms with Crippen LogP contribution in [0.5, 0.6) is 0 Å². The molecule has 3 nitrogen and oxygen atoms in total. The van der Waals surface area contributed by atoms with Gasteiger partial charge in [0.15, 0.2) is 0 Å². The molecule has 0 unspecified atom stereocenters. The molecule has 18 heavy (non-hydrogen) atoms. The highest BCUT2D eigenvalue weighted by molar-refractivity contribution is 7.13. The number of thiazole rings is 1. The average molecular weight is 261 g/mol. The van der Waals surface area contributed by atoms with Crippen molar-refractivity contribution in [3.05, 3.63) is 35.0 Å². The molecule has 96 valence electrons. The fourth-order valence-electron chi connectivity index (χ4n) is 1.76. The van der Waals surface area contributed by atoms with Gasteiger partial charge in [-0.2, -0.15) is 0 Å². The van der Waals surface area contributed by atoms with E-state index >= 15 is 0 Å². The highest BCUT2D eigenvalue weighted by atomic mass is 32.1. The third-order valence-electron chi connectivity index (χ3n) is 2.75. The first kappa shape index (κ1) is 13.2. The molecule has 0 bridgehead atoms. The van der Waals surface area contributed by atoms with Gasteiger partial charge in [-0.25, -0.2) is 4.98 Å². The van der Waals surface area contributed by atoms with Gasteiger partial charge in [0, 0.05) is 24.5 Å². The molecule has 2 aromatic rings. The molecule has 0 saturated carbocycles. The molecule has 0 aliphatic heterocycles. The molecule has 0 spiro atoms. The SMILES string of the molecule is CCCNCCc1csc(-c2ncccc2C)n1. The summed E-state index contributed by atoms with van der Waals surface area (Å²) in [6.45, 7) is 6.33. The molecule has 2 heterocycles. The molecule has 0 aromatic carbocycles. The molecule has 0 saturated heterocycles. The maximum atomic E-state index is 4.65. The summed E-state index contributed by atoms with van der Waals surface area (Å²) in [5.74, 6) is 0. The van der Waals surface area contributed by atoms with E-state index in [4.69, 9.17) is 0 Å². The Kier molecular flexibility index (Phi) is 4.84. The van der Waals surface area contributed by atoms with E-state index in [0.29, 0.717) is 0 Å². The quantitative estimate of drug-likeness (QED) is 0.812. The Balaban J connectivity index is 2.00. The second-order valence-corrected chi connectivity index (χ2v) is 5.17. The summed E-state index contributed by atoms with van der Waals surface area (Å²) in [6, 6.07) is 4.04. The summed E-state index contributed by atoms with van der Waals surface area (Å²) in [6.07, 6.45) is 3.99. The van der Waals surface area contributed by atoms with Gasteiger partial charge in [-0.1, -0.05) is 13.0 Å². The second kappa shape index (κ2) is 6.61. The van der Waals surface area contributed by atoms with E-state index in [9.17, 15) is 0 Å². The topological polar surface area (TPSA) is 37.8 Å². The normalized spacial score (nSPS) is 10.8. The zero-order chi connectivity index (χ0) is 12.8. The predicted molar refractivity (Wildman–Crippen MR) is 76.9 cm³/mol. The van der Waals surface area contributed by atoms with E-state index in [1.807, 2.05) is 12.3 Å². The molecule has 2 rings (SSSR count). The number of aromatic nitrogens is 2. The molecule has 1 N–H and O–H groups in total. The van der Waals surface area contributed by atoms with Crippen molar-refractivity contribution in [3.63, 3.8) is 0 Å². The highest BCUT2D eigenvalue weighted by Crippen LogP contribution is 2.24. The van der Waals surface area contributed by atoms with Gasteiger partial charge >= 0.3 is 0 Å². The first-order valence-electron chi connectivity index (χ1n) is 6.38. The monoisotopic (exact) mass is 261 g/mol. The third-order valence-corrected chi connectivity index (χ3v) is 3.65. The van der Waals surface area contributed by atoms with Crippen LogP contribution in [0.1, 0.15) is 24.6 Å². The molecule has 0 amide bonds. The van der Waals surface area contributed by atoms with Gasteiger partial charge in [0.25, 0.3) is 0 Å². The van der Waals surface area contributed by atoms with Crippen molar-refractivity contribution in [2.75, 3.05) is 13.1 Å². The van der Waals surface area contributed by atoms with Crippen molar-refractivity contribution < 1.29 is 0 Å². The molecule has 2 aromatic heterocycles. The minimum atomic E-state index is 0.988. The lowest BCUT2D eigenvalue weighted by Gasteiger charge is -2.00. The van der Waals surface area contributed by atoms with Gasteiger partial charge in [-0.15, -0.1) is 11.3 Å². The summed E-state index contributed by atoms with van der Waals surface area (Å²) in [5, 5.41) is 6.56. The number of rotatable bonds is 6. The summed E-state index contributed by atoms with van der Waals surface area (Å²) in [4.78, 5) is 9.06. The van der Waals surface area contributed by atoms with Crippen LogP contribution in [0.4, 0.5) is 0 Å². The van der Waals surface area contributed by atoms with Crippen molar-refractivity contribution >= 4 is 11.3 Å². The van der Waals surface area contributed by atoms with Gasteiger partial charge in [0.2, 0.25) is 0 Å². The van der Waals surface area contributed by atoms with Crippen LogP contribution in [0.3, 0.4) is 0 Å². The summed E-state index contributed by atoms with van der Waals surface area (Å²) in [5.41, 5.74) is 3.35. The van der Waals surface area contributed by atoms with Crippen LogP contribution in [0.2, 0.25) is 0 Å². The average Bonchev–Trinajstić information content (AvgIpc) is 2.84. The fraction of sp³-hybridized carbons (Fsp3) is 0.429. The van der Waals surface area contributed by atoms with Crippen molar-refractivity contribution in [3.8, 4) is 10.7 Å². The number of hydrogen-bond acceptors (Lipinski definition) is 4. The van der Waals surface area contributed by atoms with Gasteiger partial charge in [0.1, 0.15) is 10.7 Å². The van der Waals surface area contributed by atoms with Crippen LogP contribution in [0, 0.1) is 6.92 Å². The summed E-state index contributed by atoms with van der Waals surface area (Å²) >= 11 is 1.68. The Morgan fingerprint density at radius 3 is 3.00 bits per heavy atom. The van der Waals surface area contributed by atoms with Crippen LogP contribution in [-0.4, -0.2) is 23.1 Å². The molecule has 0 radical (unpaired) electrons. The Bertz CT molecular complexity index is 493. The zero-order valence-corrected chi connectivity index (χ0v) is 11.8. The van der Waals surface area contributed by atoms with Gasteiger partial charge in [0.05, 0.1) is 5.69 Å². The molecule has 0 fully saturated rings. The lowest BCUT2D eigenvalue weighted by Crippen LogP contribution is -2.17. The van der Waals surface area contributed by atoms with E-state index in [1.165, 1.54) is 12.0 Å². The Labute approximate surface area is 112 Å².